The Morgan fingerprint density at radius 1 is 1.21 bits per heavy atom. The number of nitrogens with two attached hydrogens (primary N) is 1. The van der Waals surface area contributed by atoms with E-state index in [1.165, 1.54) is 11.1 Å². The van der Waals surface area contributed by atoms with E-state index in [-0.39, 0.29) is 0 Å². The molecule has 0 spiro atoms. The van der Waals surface area contributed by atoms with E-state index in [1.807, 2.05) is 4.68 Å². The summed E-state index contributed by atoms with van der Waals surface area (Å²) in [4.78, 5) is 2.41. The number of anilines is 1. The van der Waals surface area contributed by atoms with E-state index in [4.69, 9.17) is 5.73 Å². The van der Waals surface area contributed by atoms with E-state index in [1.54, 1.807) is 6.20 Å². The third-order valence-corrected chi connectivity index (χ3v) is 3.70. The number of nitrogens with zero attached hydrogens (tertiary/aromatic N) is 3. The van der Waals surface area contributed by atoms with Gasteiger partial charge >= 0.3 is 0 Å². The molecular formula is C15H20N4. The molecule has 4 heteroatoms. The molecular weight excluding hydrogens is 236 g/mol. The van der Waals surface area contributed by atoms with Crippen LogP contribution in [0.1, 0.15) is 36.7 Å². The van der Waals surface area contributed by atoms with Gasteiger partial charge in [-0.05, 0) is 25.0 Å². The van der Waals surface area contributed by atoms with Crippen molar-refractivity contribution in [3.05, 3.63) is 47.3 Å². The number of aromatic nitrogens is 2. The van der Waals surface area contributed by atoms with E-state index in [0.717, 1.165) is 31.0 Å². The first kappa shape index (κ1) is 12.2. The van der Waals surface area contributed by atoms with Gasteiger partial charge in [-0.1, -0.05) is 24.3 Å². The zero-order valence-electron chi connectivity index (χ0n) is 11.5. The average molecular weight is 256 g/mol. The Bertz CT molecular complexity index is 561. The van der Waals surface area contributed by atoms with E-state index in [2.05, 4.69) is 48.1 Å². The minimum absolute atomic E-state index is 0.345. The van der Waals surface area contributed by atoms with Gasteiger partial charge in [0, 0.05) is 25.7 Å². The number of nitrogen functional groups attached to an aromatic ring is 1. The molecule has 2 heterocycles. The van der Waals surface area contributed by atoms with Gasteiger partial charge in [-0.25, -0.2) is 0 Å². The lowest BCUT2D eigenvalue weighted by Crippen LogP contribution is -2.20. The number of benzene rings is 1. The van der Waals surface area contributed by atoms with Crippen molar-refractivity contribution in [3.8, 4) is 0 Å². The van der Waals surface area contributed by atoms with Gasteiger partial charge in [0.1, 0.15) is 0 Å². The highest BCUT2D eigenvalue weighted by atomic mass is 15.3. The summed E-state index contributed by atoms with van der Waals surface area (Å²) in [6.07, 6.45) is 1.76. The Labute approximate surface area is 113 Å². The van der Waals surface area contributed by atoms with Crippen molar-refractivity contribution < 1.29 is 0 Å². The minimum Gasteiger partial charge on any atom is -0.396 e. The molecule has 2 N–H and O–H groups in total. The number of hydrogen-bond acceptors (Lipinski definition) is 3. The van der Waals surface area contributed by atoms with E-state index in [9.17, 15) is 0 Å². The van der Waals surface area contributed by atoms with Crippen molar-refractivity contribution in [1.82, 2.24) is 14.7 Å². The number of hydrogen-bond donors (Lipinski definition) is 1. The fourth-order valence-electron chi connectivity index (χ4n) is 2.74. The molecule has 100 valence electrons. The van der Waals surface area contributed by atoms with Gasteiger partial charge in [0.15, 0.2) is 0 Å². The second-order valence-electron chi connectivity index (χ2n) is 5.50. The van der Waals surface area contributed by atoms with Crippen LogP contribution in [0.15, 0.2) is 30.5 Å². The SMILES string of the molecule is CC(C)n1ncc(N)c1CN1Cc2ccccc2C1. The molecule has 0 saturated carbocycles. The number of fused-ring (bicyclic) bond motifs is 1. The van der Waals surface area contributed by atoms with Crippen LogP contribution >= 0.6 is 0 Å². The topological polar surface area (TPSA) is 47.1 Å². The quantitative estimate of drug-likeness (QED) is 0.918. The van der Waals surface area contributed by atoms with E-state index < -0.39 is 0 Å². The summed E-state index contributed by atoms with van der Waals surface area (Å²) < 4.78 is 2.03. The Balaban J connectivity index is 1.79. The van der Waals surface area contributed by atoms with Gasteiger partial charge in [0.25, 0.3) is 0 Å². The molecule has 0 fully saturated rings. The minimum atomic E-state index is 0.345. The normalized spacial score (nSPS) is 15.1. The largest absolute Gasteiger partial charge is 0.396 e. The van der Waals surface area contributed by atoms with Crippen molar-refractivity contribution in [2.45, 2.75) is 39.5 Å². The summed E-state index contributed by atoms with van der Waals surface area (Å²) in [6.45, 7) is 7.12. The van der Waals surface area contributed by atoms with E-state index >= 15 is 0 Å². The molecule has 1 aromatic heterocycles. The van der Waals surface area contributed by atoms with Crippen molar-refractivity contribution >= 4 is 5.69 Å². The van der Waals surface area contributed by atoms with Crippen LogP contribution in [0.3, 0.4) is 0 Å². The summed E-state index contributed by atoms with van der Waals surface area (Å²) in [5.41, 5.74) is 10.8. The maximum absolute atomic E-state index is 6.05. The predicted octanol–water partition coefficient (Wildman–Crippen LogP) is 2.56. The zero-order valence-corrected chi connectivity index (χ0v) is 11.5. The summed E-state index contributed by atoms with van der Waals surface area (Å²) >= 11 is 0. The highest BCUT2D eigenvalue weighted by molar-refractivity contribution is 5.41. The lowest BCUT2D eigenvalue weighted by atomic mass is 10.1. The maximum Gasteiger partial charge on any atom is 0.0757 e. The molecule has 0 bridgehead atoms. The van der Waals surface area contributed by atoms with Crippen LogP contribution < -0.4 is 5.73 Å². The Morgan fingerprint density at radius 2 is 1.84 bits per heavy atom. The van der Waals surface area contributed by atoms with Gasteiger partial charge in [-0.3, -0.25) is 9.58 Å². The molecule has 2 aromatic rings. The zero-order chi connectivity index (χ0) is 13.4. The molecule has 1 aliphatic heterocycles. The molecule has 3 rings (SSSR count). The summed E-state index contributed by atoms with van der Waals surface area (Å²) in [5, 5.41) is 4.37. The van der Waals surface area contributed by atoms with Crippen LogP contribution in [0.4, 0.5) is 5.69 Å². The van der Waals surface area contributed by atoms with Crippen LogP contribution in [-0.2, 0) is 19.6 Å². The van der Waals surface area contributed by atoms with Crippen LogP contribution in [0.25, 0.3) is 0 Å². The standard InChI is InChI=1S/C15H20N4/c1-11(2)19-15(14(16)7-17-19)10-18-8-12-5-3-4-6-13(12)9-18/h3-7,11H,8-10,16H2,1-2H3. The summed E-state index contributed by atoms with van der Waals surface area (Å²) in [5.74, 6) is 0. The van der Waals surface area contributed by atoms with Crippen molar-refractivity contribution in [3.63, 3.8) is 0 Å². The van der Waals surface area contributed by atoms with Crippen molar-refractivity contribution in [1.29, 1.82) is 0 Å². The summed E-state index contributed by atoms with van der Waals surface area (Å²) in [6, 6.07) is 8.97. The van der Waals surface area contributed by atoms with Gasteiger partial charge in [0.2, 0.25) is 0 Å². The van der Waals surface area contributed by atoms with Gasteiger partial charge in [-0.2, -0.15) is 5.10 Å². The molecule has 19 heavy (non-hydrogen) atoms. The first-order chi connectivity index (χ1) is 9.15. The van der Waals surface area contributed by atoms with Crippen molar-refractivity contribution in [2.75, 3.05) is 5.73 Å². The van der Waals surface area contributed by atoms with Gasteiger partial charge in [0.05, 0.1) is 17.6 Å². The molecule has 0 unspecified atom stereocenters. The van der Waals surface area contributed by atoms with Crippen LogP contribution in [-0.4, -0.2) is 14.7 Å². The van der Waals surface area contributed by atoms with Crippen LogP contribution in [0.2, 0.25) is 0 Å². The lowest BCUT2D eigenvalue weighted by molar-refractivity contribution is 0.264. The second-order valence-corrected chi connectivity index (χ2v) is 5.50. The second kappa shape index (κ2) is 4.70. The third kappa shape index (κ3) is 2.24. The molecule has 1 aliphatic rings. The molecule has 4 nitrogen and oxygen atoms in total. The molecule has 0 radical (unpaired) electrons. The molecule has 0 amide bonds. The number of rotatable bonds is 3. The molecule has 0 saturated heterocycles. The maximum atomic E-state index is 6.05. The van der Waals surface area contributed by atoms with Crippen molar-refractivity contribution in [2.24, 2.45) is 0 Å². The Morgan fingerprint density at radius 3 is 2.42 bits per heavy atom. The lowest BCUT2D eigenvalue weighted by Gasteiger charge is -2.18. The molecule has 0 aliphatic carbocycles. The summed E-state index contributed by atoms with van der Waals surface area (Å²) in [7, 11) is 0. The monoisotopic (exact) mass is 256 g/mol. The highest BCUT2D eigenvalue weighted by Crippen LogP contribution is 2.26. The highest BCUT2D eigenvalue weighted by Gasteiger charge is 2.21. The van der Waals surface area contributed by atoms with Gasteiger partial charge < -0.3 is 5.73 Å². The fraction of sp³-hybridized carbons (Fsp3) is 0.400. The third-order valence-electron chi connectivity index (χ3n) is 3.70. The predicted molar refractivity (Wildman–Crippen MR) is 76.4 cm³/mol. The first-order valence-corrected chi connectivity index (χ1v) is 6.76. The van der Waals surface area contributed by atoms with E-state index in [0.29, 0.717) is 6.04 Å². The van der Waals surface area contributed by atoms with Crippen LogP contribution in [0, 0.1) is 0 Å². The van der Waals surface area contributed by atoms with Gasteiger partial charge in [-0.15, -0.1) is 0 Å². The molecule has 1 aromatic carbocycles. The smallest absolute Gasteiger partial charge is 0.0757 e. The Hall–Kier alpha value is -1.81. The Kier molecular flexibility index (Phi) is 3.03. The molecule has 0 atom stereocenters. The average Bonchev–Trinajstić information content (AvgIpc) is 2.94. The first-order valence-electron chi connectivity index (χ1n) is 6.76. The van der Waals surface area contributed by atoms with Crippen LogP contribution in [0.5, 0.6) is 0 Å². The fourth-order valence-corrected chi connectivity index (χ4v) is 2.74.